The Morgan fingerprint density at radius 2 is 2.03 bits per heavy atom. The second-order valence-electron chi connectivity index (χ2n) is 7.78. The molecule has 0 spiro atoms. The van der Waals surface area contributed by atoms with Gasteiger partial charge in [-0.25, -0.2) is 9.78 Å². The molecule has 7 heteroatoms. The van der Waals surface area contributed by atoms with Crippen LogP contribution in [0.3, 0.4) is 0 Å². The van der Waals surface area contributed by atoms with Gasteiger partial charge in [-0.05, 0) is 54.8 Å². The number of thioether (sulfide) groups is 1. The van der Waals surface area contributed by atoms with E-state index in [1.807, 2.05) is 53.9 Å². The van der Waals surface area contributed by atoms with Crippen LogP contribution in [-0.4, -0.2) is 22.8 Å². The summed E-state index contributed by atoms with van der Waals surface area (Å²) < 4.78 is 5.14. The molecule has 1 aliphatic carbocycles. The van der Waals surface area contributed by atoms with Crippen LogP contribution in [0.15, 0.2) is 70.1 Å². The van der Waals surface area contributed by atoms with Crippen molar-refractivity contribution in [2.24, 2.45) is 0 Å². The molecule has 0 radical (unpaired) electrons. The van der Waals surface area contributed by atoms with Crippen molar-refractivity contribution < 1.29 is 9.53 Å². The third-order valence-electron chi connectivity index (χ3n) is 5.67. The summed E-state index contributed by atoms with van der Waals surface area (Å²) in [7, 11) is 0. The van der Waals surface area contributed by atoms with Gasteiger partial charge in [0.2, 0.25) is 0 Å². The lowest BCUT2D eigenvalue weighted by Gasteiger charge is -2.26. The molecule has 1 aromatic carbocycles. The van der Waals surface area contributed by atoms with Crippen molar-refractivity contribution in [1.29, 1.82) is 10.5 Å². The summed E-state index contributed by atoms with van der Waals surface area (Å²) in [5.41, 5.74) is 3.99. The number of carbonyl (C=O) groups excluding carboxylic acids is 1. The summed E-state index contributed by atoms with van der Waals surface area (Å²) in [6.45, 7) is 1.95. The van der Waals surface area contributed by atoms with Crippen LogP contribution in [0.2, 0.25) is 0 Å². The minimum atomic E-state index is -0.571. The van der Waals surface area contributed by atoms with E-state index in [0.29, 0.717) is 17.0 Å². The third kappa shape index (κ3) is 5.07. The lowest BCUT2D eigenvalue weighted by atomic mass is 9.91. The first-order valence-corrected chi connectivity index (χ1v) is 12.9. The van der Waals surface area contributed by atoms with E-state index in [4.69, 9.17) is 9.72 Å². The molecule has 4 rings (SSSR count). The summed E-state index contributed by atoms with van der Waals surface area (Å²) >= 11 is 3.08. The normalized spacial score (nSPS) is 16.9. The summed E-state index contributed by atoms with van der Waals surface area (Å²) in [5.74, 6) is -0.571. The Morgan fingerprint density at radius 1 is 1.21 bits per heavy atom. The van der Waals surface area contributed by atoms with Crippen LogP contribution < -0.4 is 0 Å². The van der Waals surface area contributed by atoms with Crippen LogP contribution >= 0.6 is 23.1 Å². The average molecular weight is 486 g/mol. The second kappa shape index (κ2) is 11.2. The molecule has 3 aromatic rings. The Kier molecular flexibility index (Phi) is 7.80. The number of carbonyl (C=O) groups is 1. The Morgan fingerprint density at radius 3 is 2.71 bits per heavy atom. The first-order chi connectivity index (χ1) is 16.7. The monoisotopic (exact) mass is 485 g/mol. The van der Waals surface area contributed by atoms with Gasteiger partial charge in [-0.1, -0.05) is 54.6 Å². The first-order valence-electron chi connectivity index (χ1n) is 11.2. The maximum atomic E-state index is 12.5. The van der Waals surface area contributed by atoms with Gasteiger partial charge in [0.05, 0.1) is 22.7 Å². The summed E-state index contributed by atoms with van der Waals surface area (Å²) in [4.78, 5) is 18.4. The van der Waals surface area contributed by atoms with Crippen molar-refractivity contribution in [3.8, 4) is 33.8 Å². The lowest BCUT2D eigenvalue weighted by molar-refractivity contribution is -0.138. The Labute approximate surface area is 207 Å². The number of aromatic nitrogens is 1. The van der Waals surface area contributed by atoms with Crippen molar-refractivity contribution in [3.63, 3.8) is 0 Å². The molecule has 0 N–H and O–H groups in total. The van der Waals surface area contributed by atoms with E-state index in [9.17, 15) is 15.3 Å². The topological polar surface area (TPSA) is 86.8 Å². The molecule has 34 heavy (non-hydrogen) atoms. The van der Waals surface area contributed by atoms with Gasteiger partial charge < -0.3 is 4.74 Å². The van der Waals surface area contributed by atoms with E-state index in [-0.39, 0.29) is 17.4 Å². The van der Waals surface area contributed by atoms with Gasteiger partial charge in [-0.3, -0.25) is 0 Å². The predicted molar refractivity (Wildman–Crippen MR) is 135 cm³/mol. The van der Waals surface area contributed by atoms with Gasteiger partial charge in [0.1, 0.15) is 22.7 Å². The highest BCUT2D eigenvalue weighted by molar-refractivity contribution is 8.00. The number of hydrogen-bond acceptors (Lipinski definition) is 7. The number of benzene rings is 1. The van der Waals surface area contributed by atoms with Gasteiger partial charge in [0.25, 0.3) is 0 Å². The van der Waals surface area contributed by atoms with Crippen molar-refractivity contribution in [2.75, 3.05) is 6.61 Å². The van der Waals surface area contributed by atoms with E-state index in [2.05, 4.69) is 12.1 Å². The van der Waals surface area contributed by atoms with Crippen molar-refractivity contribution in [3.05, 3.63) is 70.6 Å². The first kappa shape index (κ1) is 23.8. The molecule has 1 fully saturated rings. The molecule has 1 aliphatic rings. The number of hydrogen-bond donors (Lipinski definition) is 0. The van der Waals surface area contributed by atoms with Gasteiger partial charge in [0.15, 0.2) is 0 Å². The van der Waals surface area contributed by atoms with Gasteiger partial charge in [0, 0.05) is 10.8 Å². The number of thiophene rings is 1. The molecule has 2 heterocycles. The average Bonchev–Trinajstić information content (AvgIpc) is 3.41. The van der Waals surface area contributed by atoms with Crippen LogP contribution in [0.25, 0.3) is 21.7 Å². The highest BCUT2D eigenvalue weighted by atomic mass is 32.2. The zero-order chi connectivity index (χ0) is 23.9. The number of ether oxygens (including phenoxy) is 1. The SMILES string of the molecule is CCOC(=O)C(C#N)=C1CCCCC1Sc1nc(-c2cccs2)cc(-c2ccccc2)c1C#N. The van der Waals surface area contributed by atoms with Crippen LogP contribution in [0.1, 0.15) is 38.2 Å². The van der Waals surface area contributed by atoms with E-state index in [0.717, 1.165) is 46.5 Å². The number of pyridine rings is 1. The molecule has 1 atom stereocenters. The quantitative estimate of drug-likeness (QED) is 0.218. The van der Waals surface area contributed by atoms with Crippen LogP contribution in [-0.2, 0) is 9.53 Å². The number of nitrogens with zero attached hydrogens (tertiary/aromatic N) is 3. The third-order valence-corrected chi connectivity index (χ3v) is 7.89. The number of rotatable bonds is 6. The van der Waals surface area contributed by atoms with E-state index < -0.39 is 5.97 Å². The van der Waals surface area contributed by atoms with Crippen LogP contribution in [0.5, 0.6) is 0 Å². The molecule has 170 valence electrons. The zero-order valence-electron chi connectivity index (χ0n) is 18.8. The Bertz CT molecular complexity index is 1290. The van der Waals surface area contributed by atoms with Crippen molar-refractivity contribution >= 4 is 29.1 Å². The highest BCUT2D eigenvalue weighted by Crippen LogP contribution is 2.42. The molecule has 0 amide bonds. The maximum Gasteiger partial charge on any atom is 0.348 e. The summed E-state index contributed by atoms with van der Waals surface area (Å²) in [6, 6.07) is 20.3. The molecular formula is C27H23N3O2S2. The van der Waals surface area contributed by atoms with E-state index in [1.54, 1.807) is 18.3 Å². The van der Waals surface area contributed by atoms with Gasteiger partial charge >= 0.3 is 5.97 Å². The molecule has 5 nitrogen and oxygen atoms in total. The fourth-order valence-electron chi connectivity index (χ4n) is 4.09. The Hall–Kier alpha value is -3.39. The molecular weight excluding hydrogens is 462 g/mol. The van der Waals surface area contributed by atoms with E-state index >= 15 is 0 Å². The fourth-order valence-corrected chi connectivity index (χ4v) is 6.14. The van der Waals surface area contributed by atoms with Crippen molar-refractivity contribution in [2.45, 2.75) is 42.9 Å². The smallest absolute Gasteiger partial charge is 0.348 e. The van der Waals surface area contributed by atoms with Gasteiger partial charge in [-0.2, -0.15) is 10.5 Å². The van der Waals surface area contributed by atoms with Crippen LogP contribution in [0.4, 0.5) is 0 Å². The summed E-state index contributed by atoms with van der Waals surface area (Å²) in [5, 5.41) is 22.4. The number of nitriles is 2. The standard InChI is InChI=1S/C27H23N3O2S2/c1-2-32-27(31)22(17-29)19-11-6-7-12-24(19)34-26-21(16-28)20(18-9-4-3-5-10-18)15-23(30-26)25-13-8-14-33-25/h3-5,8-10,13-15,24H,2,6-7,11-12H2,1H3. The maximum absolute atomic E-state index is 12.5. The molecule has 0 bridgehead atoms. The highest BCUT2D eigenvalue weighted by Gasteiger charge is 2.29. The fraction of sp³-hybridized carbons (Fsp3) is 0.259. The molecule has 0 saturated heterocycles. The summed E-state index contributed by atoms with van der Waals surface area (Å²) in [6.07, 6.45) is 3.37. The predicted octanol–water partition coefficient (Wildman–Crippen LogP) is 6.77. The minimum Gasteiger partial charge on any atom is -0.462 e. The largest absolute Gasteiger partial charge is 0.462 e. The van der Waals surface area contributed by atoms with Gasteiger partial charge in [-0.15, -0.1) is 11.3 Å². The lowest BCUT2D eigenvalue weighted by Crippen LogP contribution is -2.19. The number of esters is 1. The minimum absolute atomic E-state index is 0.0928. The molecule has 1 unspecified atom stereocenters. The molecule has 0 aliphatic heterocycles. The molecule has 1 saturated carbocycles. The zero-order valence-corrected chi connectivity index (χ0v) is 20.4. The molecule has 2 aromatic heterocycles. The Balaban J connectivity index is 1.83. The second-order valence-corrected chi connectivity index (χ2v) is 9.91. The van der Waals surface area contributed by atoms with E-state index in [1.165, 1.54) is 11.8 Å². The van der Waals surface area contributed by atoms with Crippen LogP contribution in [0, 0.1) is 22.7 Å². The van der Waals surface area contributed by atoms with Crippen molar-refractivity contribution in [1.82, 2.24) is 4.98 Å².